The van der Waals surface area contributed by atoms with E-state index in [1.54, 1.807) is 23.1 Å². The van der Waals surface area contributed by atoms with Gasteiger partial charge in [-0.2, -0.15) is 4.31 Å². The zero-order valence-electron chi connectivity index (χ0n) is 18.1. The molecule has 5 rings (SSSR count). The Balaban J connectivity index is 1.28. The molecule has 3 aromatic rings. The van der Waals surface area contributed by atoms with Gasteiger partial charge in [0.1, 0.15) is 5.52 Å². The SMILES string of the molecule is O=C(Nc1cccc(S(=O)(=O)N2CCOCC2)c1)N1CCCC(c2nc3ccccc3o2)C1. The Labute approximate surface area is 192 Å². The molecule has 2 fully saturated rings. The van der Waals surface area contributed by atoms with Crippen molar-refractivity contribution in [2.75, 3.05) is 44.7 Å². The highest BCUT2D eigenvalue weighted by Crippen LogP contribution is 2.29. The van der Waals surface area contributed by atoms with Gasteiger partial charge in [-0.15, -0.1) is 0 Å². The fourth-order valence-corrected chi connectivity index (χ4v) is 5.76. The molecule has 0 aliphatic carbocycles. The molecule has 2 saturated heterocycles. The van der Waals surface area contributed by atoms with Crippen molar-refractivity contribution in [2.45, 2.75) is 23.7 Å². The summed E-state index contributed by atoms with van der Waals surface area (Å²) in [4.78, 5) is 19.4. The molecule has 0 saturated carbocycles. The van der Waals surface area contributed by atoms with E-state index < -0.39 is 10.0 Å². The molecule has 1 atom stereocenters. The highest BCUT2D eigenvalue weighted by Gasteiger charge is 2.29. The lowest BCUT2D eigenvalue weighted by Gasteiger charge is -2.31. The van der Waals surface area contributed by atoms with Crippen LogP contribution >= 0.6 is 0 Å². The third-order valence-electron chi connectivity index (χ3n) is 6.06. The van der Waals surface area contributed by atoms with E-state index in [9.17, 15) is 13.2 Å². The number of piperidine rings is 1. The maximum absolute atomic E-state index is 13.0. The first-order valence-corrected chi connectivity index (χ1v) is 12.5. The lowest BCUT2D eigenvalue weighted by atomic mass is 9.98. The summed E-state index contributed by atoms with van der Waals surface area (Å²) >= 11 is 0. The van der Waals surface area contributed by atoms with Gasteiger partial charge in [0.05, 0.1) is 24.0 Å². The van der Waals surface area contributed by atoms with E-state index in [2.05, 4.69) is 10.3 Å². The number of sulfonamides is 1. The van der Waals surface area contributed by atoms with Crippen LogP contribution in [0.4, 0.5) is 10.5 Å². The lowest BCUT2D eigenvalue weighted by molar-refractivity contribution is 0.0730. The minimum Gasteiger partial charge on any atom is -0.440 e. The quantitative estimate of drug-likeness (QED) is 0.628. The number of hydrogen-bond donors (Lipinski definition) is 1. The summed E-state index contributed by atoms with van der Waals surface area (Å²) in [5.74, 6) is 0.664. The molecule has 174 valence electrons. The summed E-state index contributed by atoms with van der Waals surface area (Å²) in [6, 6.07) is 13.7. The predicted octanol–water partition coefficient (Wildman–Crippen LogP) is 3.26. The van der Waals surface area contributed by atoms with E-state index in [0.717, 1.165) is 23.9 Å². The number of ether oxygens (including phenoxy) is 1. The normalized spacial score (nSPS) is 20.1. The summed E-state index contributed by atoms with van der Waals surface area (Å²) in [6.07, 6.45) is 1.73. The second kappa shape index (κ2) is 9.12. The first-order chi connectivity index (χ1) is 16.0. The summed E-state index contributed by atoms with van der Waals surface area (Å²) < 4.78 is 38.4. The zero-order valence-corrected chi connectivity index (χ0v) is 19.0. The Kier molecular flexibility index (Phi) is 6.05. The van der Waals surface area contributed by atoms with Gasteiger partial charge in [0.15, 0.2) is 11.5 Å². The molecule has 10 heteroatoms. The number of likely N-dealkylation sites (tertiary alicyclic amines) is 1. The standard InChI is InChI=1S/C23H26N4O5S/c28-23(24-18-6-3-7-19(15-18)33(29,30)27-11-13-31-14-12-27)26-10-4-5-17(16-26)22-25-20-8-1-2-9-21(20)32-22/h1-3,6-9,15,17H,4-5,10-14,16H2,(H,24,28). The van der Waals surface area contributed by atoms with Crippen LogP contribution in [0.5, 0.6) is 0 Å². The number of urea groups is 1. The number of carbonyl (C=O) groups is 1. The summed E-state index contributed by atoms with van der Waals surface area (Å²) in [6.45, 7) is 2.52. The van der Waals surface area contributed by atoms with Gasteiger partial charge in [-0.25, -0.2) is 18.2 Å². The first-order valence-electron chi connectivity index (χ1n) is 11.1. The number of nitrogens with zero attached hydrogens (tertiary/aromatic N) is 3. The second-order valence-electron chi connectivity index (χ2n) is 8.28. The number of anilines is 1. The minimum atomic E-state index is -3.64. The lowest BCUT2D eigenvalue weighted by Crippen LogP contribution is -2.42. The number of oxazole rings is 1. The Morgan fingerprint density at radius 2 is 1.88 bits per heavy atom. The van der Waals surface area contributed by atoms with Crippen LogP contribution in [0.15, 0.2) is 57.8 Å². The molecule has 2 amide bonds. The molecule has 3 heterocycles. The molecule has 33 heavy (non-hydrogen) atoms. The maximum Gasteiger partial charge on any atom is 0.321 e. The predicted molar refractivity (Wildman–Crippen MR) is 123 cm³/mol. The van der Waals surface area contributed by atoms with E-state index in [1.165, 1.54) is 10.4 Å². The molecule has 2 aromatic carbocycles. The highest BCUT2D eigenvalue weighted by molar-refractivity contribution is 7.89. The zero-order chi connectivity index (χ0) is 22.8. The van der Waals surface area contributed by atoms with Gasteiger partial charge in [0.25, 0.3) is 0 Å². The summed E-state index contributed by atoms with van der Waals surface area (Å²) in [7, 11) is -3.64. The van der Waals surface area contributed by atoms with Crippen molar-refractivity contribution >= 4 is 32.8 Å². The van der Waals surface area contributed by atoms with Crippen LogP contribution in [0.2, 0.25) is 0 Å². The van der Waals surface area contributed by atoms with Crippen molar-refractivity contribution in [3.63, 3.8) is 0 Å². The Morgan fingerprint density at radius 1 is 1.06 bits per heavy atom. The molecule has 1 N–H and O–H groups in total. The van der Waals surface area contributed by atoms with Gasteiger partial charge >= 0.3 is 6.03 Å². The van der Waals surface area contributed by atoms with Crippen molar-refractivity contribution in [1.82, 2.24) is 14.2 Å². The summed E-state index contributed by atoms with van der Waals surface area (Å²) in [5.41, 5.74) is 2.00. The number of rotatable bonds is 4. The van der Waals surface area contributed by atoms with Crippen molar-refractivity contribution in [1.29, 1.82) is 0 Å². The Morgan fingerprint density at radius 3 is 2.70 bits per heavy atom. The van der Waals surface area contributed by atoms with Crippen molar-refractivity contribution in [3.8, 4) is 0 Å². The van der Waals surface area contributed by atoms with Crippen LogP contribution in [-0.4, -0.2) is 68.0 Å². The van der Waals surface area contributed by atoms with E-state index >= 15 is 0 Å². The molecular formula is C23H26N4O5S. The fourth-order valence-electron chi connectivity index (χ4n) is 4.30. The van der Waals surface area contributed by atoms with Crippen LogP contribution < -0.4 is 5.32 Å². The van der Waals surface area contributed by atoms with Crippen LogP contribution in [0, 0.1) is 0 Å². The van der Waals surface area contributed by atoms with Crippen LogP contribution in [-0.2, 0) is 14.8 Å². The highest BCUT2D eigenvalue weighted by atomic mass is 32.2. The van der Waals surface area contributed by atoms with Gasteiger partial charge in [0, 0.05) is 31.9 Å². The number of morpholine rings is 1. The number of aromatic nitrogens is 1. The van der Waals surface area contributed by atoms with E-state index in [0.29, 0.717) is 51.0 Å². The number of benzene rings is 2. The smallest absolute Gasteiger partial charge is 0.321 e. The largest absolute Gasteiger partial charge is 0.440 e. The average Bonchev–Trinajstić information content (AvgIpc) is 3.29. The van der Waals surface area contributed by atoms with Crippen molar-refractivity contribution < 1.29 is 22.4 Å². The molecule has 1 unspecified atom stereocenters. The van der Waals surface area contributed by atoms with E-state index in [-0.39, 0.29) is 16.8 Å². The van der Waals surface area contributed by atoms with Crippen LogP contribution in [0.1, 0.15) is 24.7 Å². The molecule has 0 spiro atoms. The number of carbonyl (C=O) groups excluding carboxylic acids is 1. The summed E-state index contributed by atoms with van der Waals surface area (Å²) in [5, 5.41) is 2.85. The topological polar surface area (TPSA) is 105 Å². The third-order valence-corrected chi connectivity index (χ3v) is 7.96. The van der Waals surface area contributed by atoms with Gasteiger partial charge in [-0.1, -0.05) is 18.2 Å². The molecule has 1 aromatic heterocycles. The van der Waals surface area contributed by atoms with Gasteiger partial charge < -0.3 is 19.4 Å². The molecular weight excluding hydrogens is 444 g/mol. The van der Waals surface area contributed by atoms with Crippen LogP contribution in [0.3, 0.4) is 0 Å². The third kappa shape index (κ3) is 4.59. The number of para-hydroxylation sites is 2. The second-order valence-corrected chi connectivity index (χ2v) is 10.2. The fraction of sp³-hybridized carbons (Fsp3) is 0.391. The number of fused-ring (bicyclic) bond motifs is 1. The van der Waals surface area contributed by atoms with E-state index in [4.69, 9.17) is 9.15 Å². The minimum absolute atomic E-state index is 0.0185. The number of hydrogen-bond acceptors (Lipinski definition) is 6. The Hall–Kier alpha value is -2.95. The maximum atomic E-state index is 13.0. The van der Waals surface area contributed by atoms with Gasteiger partial charge in [0.2, 0.25) is 10.0 Å². The monoisotopic (exact) mass is 470 g/mol. The Bertz CT molecular complexity index is 1220. The van der Waals surface area contributed by atoms with Gasteiger partial charge in [-0.05, 0) is 43.2 Å². The van der Waals surface area contributed by atoms with Crippen molar-refractivity contribution in [2.24, 2.45) is 0 Å². The number of amides is 2. The van der Waals surface area contributed by atoms with Crippen molar-refractivity contribution in [3.05, 3.63) is 54.4 Å². The van der Waals surface area contributed by atoms with Gasteiger partial charge in [-0.3, -0.25) is 0 Å². The number of nitrogens with one attached hydrogen (secondary N) is 1. The molecule has 0 bridgehead atoms. The average molecular weight is 471 g/mol. The first kappa shape index (κ1) is 21.9. The molecule has 2 aliphatic rings. The molecule has 9 nitrogen and oxygen atoms in total. The van der Waals surface area contributed by atoms with Crippen LogP contribution in [0.25, 0.3) is 11.1 Å². The molecule has 0 radical (unpaired) electrons. The molecule has 2 aliphatic heterocycles. The van der Waals surface area contributed by atoms with E-state index in [1.807, 2.05) is 24.3 Å².